The van der Waals surface area contributed by atoms with Gasteiger partial charge in [-0.1, -0.05) is 59.2 Å². The summed E-state index contributed by atoms with van der Waals surface area (Å²) in [5, 5.41) is 5.05. The van der Waals surface area contributed by atoms with Crippen molar-refractivity contribution in [1.29, 1.82) is 0 Å². The van der Waals surface area contributed by atoms with Gasteiger partial charge in [-0.15, -0.1) is 0 Å². The number of hydrogen-bond acceptors (Lipinski definition) is 2. The number of nitrogens with zero attached hydrogens (tertiary/aromatic N) is 1. The molecule has 21 heavy (non-hydrogen) atoms. The van der Waals surface area contributed by atoms with E-state index in [0.717, 1.165) is 22.7 Å². The van der Waals surface area contributed by atoms with Gasteiger partial charge in [0.25, 0.3) is 0 Å². The lowest BCUT2D eigenvalue weighted by atomic mass is 10.1. The molecule has 0 aliphatic heterocycles. The maximum Gasteiger partial charge on any atom is 0.142 e. The molecule has 0 aromatic heterocycles. The molecule has 108 valence electrons. The molecule has 3 heteroatoms. The predicted molar refractivity (Wildman–Crippen MR) is 86.6 cm³/mol. The molecule has 0 bridgehead atoms. The number of halogens is 1. The molecule has 2 atom stereocenters. The highest BCUT2D eigenvalue weighted by molar-refractivity contribution is 6.30. The first-order valence-corrected chi connectivity index (χ1v) is 7.57. The largest absolute Gasteiger partial charge is 0.391 e. The zero-order chi connectivity index (χ0) is 14.7. The van der Waals surface area contributed by atoms with Crippen LogP contribution in [0.5, 0.6) is 0 Å². The molecule has 1 aliphatic carbocycles. The second-order valence-corrected chi connectivity index (χ2v) is 5.93. The van der Waals surface area contributed by atoms with E-state index in [0.29, 0.717) is 18.4 Å². The Kier molecular flexibility index (Phi) is 4.26. The Balaban J connectivity index is 1.53. The molecule has 0 N–H and O–H groups in total. The van der Waals surface area contributed by atoms with Crippen LogP contribution < -0.4 is 0 Å². The van der Waals surface area contributed by atoms with E-state index < -0.39 is 0 Å². The van der Waals surface area contributed by atoms with Crippen LogP contribution in [0.25, 0.3) is 0 Å². The Hall–Kier alpha value is -1.80. The molecule has 0 saturated heterocycles. The van der Waals surface area contributed by atoms with E-state index in [1.54, 1.807) is 0 Å². The van der Waals surface area contributed by atoms with Crippen molar-refractivity contribution in [1.82, 2.24) is 0 Å². The lowest BCUT2D eigenvalue weighted by Gasteiger charge is -2.03. The Morgan fingerprint density at radius 3 is 2.57 bits per heavy atom. The summed E-state index contributed by atoms with van der Waals surface area (Å²) >= 11 is 5.92. The van der Waals surface area contributed by atoms with Gasteiger partial charge < -0.3 is 4.84 Å². The minimum atomic E-state index is 0.502. The number of hydrogen-bond donors (Lipinski definition) is 0. The second-order valence-electron chi connectivity index (χ2n) is 5.49. The van der Waals surface area contributed by atoms with Crippen molar-refractivity contribution in [2.75, 3.05) is 0 Å². The van der Waals surface area contributed by atoms with Gasteiger partial charge >= 0.3 is 0 Å². The summed E-state index contributed by atoms with van der Waals surface area (Å²) in [5.74, 6) is 1.06. The Morgan fingerprint density at radius 1 is 1.14 bits per heavy atom. The number of rotatable bonds is 5. The first kappa shape index (κ1) is 14.2. The van der Waals surface area contributed by atoms with E-state index in [9.17, 15) is 0 Å². The minimum absolute atomic E-state index is 0.502. The Morgan fingerprint density at radius 2 is 1.86 bits per heavy atom. The molecule has 1 saturated carbocycles. The molecule has 2 aromatic carbocycles. The zero-order valence-corrected chi connectivity index (χ0v) is 12.8. The Labute approximate surface area is 130 Å². The quantitative estimate of drug-likeness (QED) is 0.560. The molecule has 0 radical (unpaired) electrons. The van der Waals surface area contributed by atoms with Gasteiger partial charge in [-0.05, 0) is 42.5 Å². The van der Waals surface area contributed by atoms with Crippen LogP contribution in [0.3, 0.4) is 0 Å². The molecule has 2 unspecified atom stereocenters. The van der Waals surface area contributed by atoms with E-state index in [4.69, 9.17) is 16.4 Å². The third kappa shape index (κ3) is 3.64. The maximum absolute atomic E-state index is 5.92. The van der Waals surface area contributed by atoms with Crippen molar-refractivity contribution in [2.45, 2.75) is 25.9 Å². The smallest absolute Gasteiger partial charge is 0.142 e. The summed E-state index contributed by atoms with van der Waals surface area (Å²) in [4.78, 5) is 5.45. The molecule has 2 aromatic rings. The topological polar surface area (TPSA) is 21.6 Å². The van der Waals surface area contributed by atoms with Crippen LogP contribution >= 0.6 is 11.6 Å². The van der Waals surface area contributed by atoms with E-state index in [2.05, 4.69) is 17.3 Å². The molecule has 0 amide bonds. The molecular weight excluding hydrogens is 282 g/mol. The zero-order valence-electron chi connectivity index (χ0n) is 12.0. The number of benzene rings is 2. The average molecular weight is 300 g/mol. The lowest BCUT2D eigenvalue weighted by molar-refractivity contribution is 0.129. The van der Waals surface area contributed by atoms with Crippen LogP contribution in [0.2, 0.25) is 5.02 Å². The first-order chi connectivity index (χ1) is 10.2. The van der Waals surface area contributed by atoms with Gasteiger partial charge in [-0.25, -0.2) is 0 Å². The van der Waals surface area contributed by atoms with E-state index >= 15 is 0 Å². The van der Waals surface area contributed by atoms with Gasteiger partial charge in [-0.3, -0.25) is 0 Å². The van der Waals surface area contributed by atoms with Gasteiger partial charge in [0.15, 0.2) is 0 Å². The normalized spacial score (nSPS) is 21.1. The third-order valence-corrected chi connectivity index (χ3v) is 4.16. The van der Waals surface area contributed by atoms with Crippen molar-refractivity contribution >= 4 is 17.3 Å². The van der Waals surface area contributed by atoms with Crippen LogP contribution in [0.1, 0.15) is 30.4 Å². The molecule has 3 rings (SSSR count). The lowest BCUT2D eigenvalue weighted by Crippen LogP contribution is -1.98. The molecule has 1 aliphatic rings. The van der Waals surface area contributed by atoms with Crippen molar-refractivity contribution in [3.63, 3.8) is 0 Å². The van der Waals surface area contributed by atoms with Crippen LogP contribution in [0.4, 0.5) is 0 Å². The van der Waals surface area contributed by atoms with Crippen LogP contribution in [-0.2, 0) is 11.4 Å². The highest BCUT2D eigenvalue weighted by atomic mass is 35.5. The van der Waals surface area contributed by atoms with Gasteiger partial charge in [0, 0.05) is 10.9 Å². The van der Waals surface area contributed by atoms with Gasteiger partial charge in [0.1, 0.15) is 6.61 Å². The summed E-state index contributed by atoms with van der Waals surface area (Å²) in [6.07, 6.45) is 1.14. The van der Waals surface area contributed by atoms with E-state index in [1.807, 2.05) is 49.4 Å². The summed E-state index contributed by atoms with van der Waals surface area (Å²) in [6, 6.07) is 18.2. The van der Waals surface area contributed by atoms with Crippen molar-refractivity contribution in [2.24, 2.45) is 11.1 Å². The summed E-state index contributed by atoms with van der Waals surface area (Å²) in [7, 11) is 0. The fraction of sp³-hybridized carbons (Fsp3) is 0.278. The van der Waals surface area contributed by atoms with Crippen LogP contribution in [0.15, 0.2) is 59.8 Å². The third-order valence-electron chi connectivity index (χ3n) is 3.91. The van der Waals surface area contributed by atoms with Crippen LogP contribution in [0, 0.1) is 5.92 Å². The Bertz CT molecular complexity index is 621. The van der Waals surface area contributed by atoms with Crippen molar-refractivity contribution in [3.05, 3.63) is 70.7 Å². The van der Waals surface area contributed by atoms with Gasteiger partial charge in [0.05, 0.1) is 5.71 Å². The second kappa shape index (κ2) is 6.31. The average Bonchev–Trinajstić information content (AvgIpc) is 3.30. The minimum Gasteiger partial charge on any atom is -0.391 e. The molecule has 1 fully saturated rings. The van der Waals surface area contributed by atoms with E-state index in [1.165, 1.54) is 5.56 Å². The fourth-order valence-electron chi connectivity index (χ4n) is 2.59. The summed E-state index contributed by atoms with van der Waals surface area (Å²) in [6.45, 7) is 2.57. The number of oxime groups is 1. The van der Waals surface area contributed by atoms with Crippen molar-refractivity contribution < 1.29 is 4.84 Å². The first-order valence-electron chi connectivity index (χ1n) is 7.20. The summed E-state index contributed by atoms with van der Waals surface area (Å²) in [5.41, 5.74) is 3.55. The molecular formula is C18H18ClNO. The van der Waals surface area contributed by atoms with E-state index in [-0.39, 0.29) is 0 Å². The molecule has 2 nitrogen and oxygen atoms in total. The molecule has 0 spiro atoms. The van der Waals surface area contributed by atoms with Gasteiger partial charge in [0.2, 0.25) is 0 Å². The summed E-state index contributed by atoms with van der Waals surface area (Å²) < 4.78 is 0. The molecule has 0 heterocycles. The van der Waals surface area contributed by atoms with Crippen molar-refractivity contribution in [3.8, 4) is 0 Å². The predicted octanol–water partition coefficient (Wildman–Crippen LogP) is 5.04. The maximum atomic E-state index is 5.92. The van der Waals surface area contributed by atoms with Gasteiger partial charge in [-0.2, -0.15) is 0 Å². The standard InChI is InChI=1S/C18H18ClNO/c1-13(20-21-12-14-5-3-2-4-6-14)17-11-18(17)15-7-9-16(19)10-8-15/h2-10,17-18H,11-12H2,1H3. The van der Waals surface area contributed by atoms with Crippen LogP contribution in [-0.4, -0.2) is 5.71 Å². The monoisotopic (exact) mass is 299 g/mol. The SMILES string of the molecule is CC(=NOCc1ccccc1)C1CC1c1ccc(Cl)cc1. The highest BCUT2D eigenvalue weighted by Crippen LogP contribution is 2.48. The fourth-order valence-corrected chi connectivity index (χ4v) is 2.71. The highest BCUT2D eigenvalue weighted by Gasteiger charge is 2.40.